The second-order valence-electron chi connectivity index (χ2n) is 7.86. The van der Waals surface area contributed by atoms with Gasteiger partial charge in [0.15, 0.2) is 11.5 Å². The Bertz CT molecular complexity index is 1280. The van der Waals surface area contributed by atoms with Crippen molar-refractivity contribution < 1.29 is 23.8 Å². The monoisotopic (exact) mass is 492 g/mol. The SMILES string of the molecule is O=C(CN1C(=O)C2(COc3cc4c(cc32)OCO4)c2ccccc21)Nc1ccc(Br)cc1. The third-order valence-electron chi connectivity index (χ3n) is 6.07. The maximum Gasteiger partial charge on any atom is 0.246 e. The molecule has 3 aliphatic heterocycles. The molecule has 3 aliphatic rings. The lowest BCUT2D eigenvalue weighted by Gasteiger charge is -2.23. The lowest BCUT2D eigenvalue weighted by Crippen LogP contribution is -2.45. The summed E-state index contributed by atoms with van der Waals surface area (Å²) in [5, 5.41) is 2.86. The quantitative estimate of drug-likeness (QED) is 0.600. The topological polar surface area (TPSA) is 77.1 Å². The van der Waals surface area contributed by atoms with Crippen LogP contribution in [0.4, 0.5) is 11.4 Å². The van der Waals surface area contributed by atoms with Crippen LogP contribution in [0.15, 0.2) is 65.1 Å². The van der Waals surface area contributed by atoms with Crippen molar-refractivity contribution in [3.63, 3.8) is 0 Å². The molecule has 7 nitrogen and oxygen atoms in total. The molecule has 0 saturated carbocycles. The smallest absolute Gasteiger partial charge is 0.246 e. The summed E-state index contributed by atoms with van der Waals surface area (Å²) in [4.78, 5) is 28.2. The van der Waals surface area contributed by atoms with Crippen LogP contribution in [0.2, 0.25) is 0 Å². The molecule has 2 amide bonds. The van der Waals surface area contributed by atoms with Crippen molar-refractivity contribution in [2.45, 2.75) is 5.41 Å². The van der Waals surface area contributed by atoms with E-state index < -0.39 is 5.41 Å². The molecule has 0 bridgehead atoms. The number of nitrogens with zero attached hydrogens (tertiary/aromatic N) is 1. The van der Waals surface area contributed by atoms with E-state index in [1.165, 1.54) is 4.90 Å². The Balaban J connectivity index is 1.36. The molecule has 32 heavy (non-hydrogen) atoms. The number of para-hydroxylation sites is 1. The fraction of sp³-hybridized carbons (Fsp3) is 0.167. The van der Waals surface area contributed by atoms with Crippen molar-refractivity contribution in [1.29, 1.82) is 0 Å². The van der Waals surface area contributed by atoms with Gasteiger partial charge < -0.3 is 24.4 Å². The van der Waals surface area contributed by atoms with Crippen molar-refractivity contribution >= 4 is 39.1 Å². The number of fused-ring (bicyclic) bond motifs is 5. The molecule has 1 spiro atoms. The van der Waals surface area contributed by atoms with Gasteiger partial charge in [-0.3, -0.25) is 9.59 Å². The Kier molecular flexibility index (Phi) is 4.19. The summed E-state index contributed by atoms with van der Waals surface area (Å²) in [5.74, 6) is 1.31. The molecule has 6 rings (SSSR count). The lowest BCUT2D eigenvalue weighted by molar-refractivity contribution is -0.124. The average molecular weight is 493 g/mol. The number of anilines is 2. The highest BCUT2D eigenvalue weighted by Crippen LogP contribution is 2.54. The molecule has 8 heteroatoms. The summed E-state index contributed by atoms with van der Waals surface area (Å²) in [6, 6.07) is 18.4. The second kappa shape index (κ2) is 7.00. The zero-order valence-electron chi connectivity index (χ0n) is 16.8. The minimum atomic E-state index is -1.02. The van der Waals surface area contributed by atoms with E-state index in [9.17, 15) is 9.59 Å². The van der Waals surface area contributed by atoms with Crippen molar-refractivity contribution in [2.75, 3.05) is 30.2 Å². The standard InChI is InChI=1S/C24H17BrN2O5/c25-14-5-7-15(8-6-14)26-22(28)11-27-18-4-2-1-3-16(18)24(23(27)29)12-30-19-10-21-20(9-17(19)24)31-13-32-21/h1-10H,11-13H2,(H,26,28). The van der Waals surface area contributed by atoms with Crippen LogP contribution in [0.5, 0.6) is 17.2 Å². The third kappa shape index (κ3) is 2.72. The second-order valence-corrected chi connectivity index (χ2v) is 8.77. The van der Waals surface area contributed by atoms with Gasteiger partial charge in [-0.15, -0.1) is 0 Å². The van der Waals surface area contributed by atoms with E-state index in [2.05, 4.69) is 21.2 Å². The molecule has 0 aliphatic carbocycles. The summed E-state index contributed by atoms with van der Waals surface area (Å²) in [6.07, 6.45) is 0. The van der Waals surface area contributed by atoms with Crippen molar-refractivity contribution in [2.24, 2.45) is 0 Å². The van der Waals surface area contributed by atoms with Crippen LogP contribution in [0.3, 0.4) is 0 Å². The average Bonchev–Trinajstić information content (AvgIpc) is 3.47. The van der Waals surface area contributed by atoms with E-state index in [0.29, 0.717) is 28.6 Å². The normalized spacial score (nSPS) is 19.7. The van der Waals surface area contributed by atoms with E-state index in [-0.39, 0.29) is 31.8 Å². The van der Waals surface area contributed by atoms with E-state index in [0.717, 1.165) is 15.6 Å². The number of carbonyl (C=O) groups excluding carboxylic acids is 2. The number of rotatable bonds is 3. The Hall–Kier alpha value is -3.52. The number of benzene rings is 3. The van der Waals surface area contributed by atoms with E-state index in [4.69, 9.17) is 14.2 Å². The van der Waals surface area contributed by atoms with E-state index in [1.54, 1.807) is 18.2 Å². The van der Waals surface area contributed by atoms with Crippen LogP contribution >= 0.6 is 15.9 Å². The maximum absolute atomic E-state index is 13.9. The lowest BCUT2D eigenvalue weighted by atomic mass is 9.77. The summed E-state index contributed by atoms with van der Waals surface area (Å²) in [6.45, 7) is 0.192. The van der Waals surface area contributed by atoms with E-state index >= 15 is 0 Å². The predicted octanol–water partition coefficient (Wildman–Crippen LogP) is 3.84. The predicted molar refractivity (Wildman–Crippen MR) is 120 cm³/mol. The largest absolute Gasteiger partial charge is 0.491 e. The number of nitrogens with one attached hydrogen (secondary N) is 1. The molecule has 1 atom stereocenters. The third-order valence-corrected chi connectivity index (χ3v) is 6.60. The summed E-state index contributed by atoms with van der Waals surface area (Å²) in [7, 11) is 0. The fourth-order valence-corrected chi connectivity index (χ4v) is 4.86. The number of hydrogen-bond donors (Lipinski definition) is 1. The summed E-state index contributed by atoms with van der Waals surface area (Å²) >= 11 is 3.38. The fourth-order valence-electron chi connectivity index (χ4n) is 4.60. The van der Waals surface area contributed by atoms with Gasteiger partial charge >= 0.3 is 0 Å². The molecule has 1 N–H and O–H groups in total. The number of halogens is 1. The molecule has 0 radical (unpaired) electrons. The van der Waals surface area contributed by atoms with Gasteiger partial charge in [-0.25, -0.2) is 0 Å². The molecule has 0 aromatic heterocycles. The van der Waals surface area contributed by atoms with Gasteiger partial charge in [0, 0.05) is 27.5 Å². The molecule has 1 unspecified atom stereocenters. The van der Waals surface area contributed by atoms with Gasteiger partial charge in [-0.05, 0) is 42.0 Å². The first-order valence-electron chi connectivity index (χ1n) is 10.1. The Labute approximate surface area is 192 Å². The highest BCUT2D eigenvalue weighted by molar-refractivity contribution is 9.10. The molecule has 3 heterocycles. The number of ether oxygens (including phenoxy) is 3. The van der Waals surface area contributed by atoms with E-state index in [1.807, 2.05) is 42.5 Å². The molecule has 3 aromatic rings. The molecule has 0 saturated heterocycles. The van der Waals surface area contributed by atoms with Crippen molar-refractivity contribution in [3.05, 3.63) is 76.3 Å². The molecular weight excluding hydrogens is 476 g/mol. The van der Waals surface area contributed by atoms with Gasteiger partial charge in [0.2, 0.25) is 18.6 Å². The van der Waals surface area contributed by atoms with Crippen LogP contribution in [0.1, 0.15) is 11.1 Å². The molecule has 0 fully saturated rings. The first-order chi connectivity index (χ1) is 15.6. The van der Waals surface area contributed by atoms with Crippen LogP contribution in [0, 0.1) is 0 Å². The Morgan fingerprint density at radius 1 is 0.969 bits per heavy atom. The zero-order valence-corrected chi connectivity index (χ0v) is 18.3. The highest BCUT2D eigenvalue weighted by atomic mass is 79.9. The first kappa shape index (κ1) is 19.2. The van der Waals surface area contributed by atoms with Crippen molar-refractivity contribution in [3.8, 4) is 17.2 Å². The van der Waals surface area contributed by atoms with Crippen LogP contribution in [-0.2, 0) is 15.0 Å². The molecule has 3 aromatic carbocycles. The number of amides is 2. The Morgan fingerprint density at radius 2 is 1.72 bits per heavy atom. The van der Waals surface area contributed by atoms with Gasteiger partial charge in [0.25, 0.3) is 0 Å². The Morgan fingerprint density at radius 3 is 2.53 bits per heavy atom. The molecular formula is C24H17BrN2O5. The minimum absolute atomic E-state index is 0.104. The van der Waals surface area contributed by atoms with Crippen LogP contribution in [-0.4, -0.2) is 31.8 Å². The van der Waals surface area contributed by atoms with Gasteiger partial charge in [0.1, 0.15) is 24.3 Å². The highest BCUT2D eigenvalue weighted by Gasteiger charge is 2.57. The zero-order chi connectivity index (χ0) is 21.9. The number of hydrogen-bond acceptors (Lipinski definition) is 5. The maximum atomic E-state index is 13.9. The minimum Gasteiger partial charge on any atom is -0.491 e. The summed E-state index contributed by atoms with van der Waals surface area (Å²) in [5.41, 5.74) is 1.90. The van der Waals surface area contributed by atoms with Gasteiger partial charge in [0.05, 0.1) is 0 Å². The van der Waals surface area contributed by atoms with Crippen LogP contribution in [0.25, 0.3) is 0 Å². The first-order valence-corrected chi connectivity index (χ1v) is 10.9. The van der Waals surface area contributed by atoms with Gasteiger partial charge in [-0.2, -0.15) is 0 Å². The summed E-state index contributed by atoms with van der Waals surface area (Å²) < 4.78 is 17.9. The number of carbonyl (C=O) groups is 2. The van der Waals surface area contributed by atoms with Gasteiger partial charge in [-0.1, -0.05) is 34.1 Å². The molecule has 160 valence electrons. The van der Waals surface area contributed by atoms with Crippen LogP contribution < -0.4 is 24.4 Å². The van der Waals surface area contributed by atoms with Crippen molar-refractivity contribution in [1.82, 2.24) is 0 Å².